The second kappa shape index (κ2) is 7.53. The number of hydrogen-bond donors (Lipinski definition) is 2. The van der Waals surface area contributed by atoms with Crippen LogP contribution < -0.4 is 10.2 Å². The van der Waals surface area contributed by atoms with Gasteiger partial charge in [0.15, 0.2) is 0 Å². The van der Waals surface area contributed by atoms with Crippen molar-refractivity contribution in [3.63, 3.8) is 0 Å². The zero-order valence-electron chi connectivity index (χ0n) is 15.7. The molecule has 150 valence electrons. The topological polar surface area (TPSA) is 99.9 Å². The fourth-order valence-electron chi connectivity index (χ4n) is 3.18. The summed E-state index contributed by atoms with van der Waals surface area (Å²) in [7, 11) is 0. The first-order chi connectivity index (χ1) is 14.3. The van der Waals surface area contributed by atoms with E-state index in [0.29, 0.717) is 22.2 Å². The number of rotatable bonds is 4. The van der Waals surface area contributed by atoms with Crippen LogP contribution in [0.2, 0.25) is 5.02 Å². The second-order valence-electron chi connectivity index (χ2n) is 6.65. The molecule has 1 aliphatic heterocycles. The van der Waals surface area contributed by atoms with Gasteiger partial charge in [-0.15, -0.1) is 0 Å². The number of nitrogens with zero attached hydrogens (tertiary/aromatic N) is 1. The van der Waals surface area contributed by atoms with Crippen LogP contribution in [0.15, 0.2) is 64.7 Å². The normalized spacial score (nSPS) is 15.0. The van der Waals surface area contributed by atoms with Crippen molar-refractivity contribution in [1.29, 1.82) is 0 Å². The first-order valence-corrected chi connectivity index (χ1v) is 9.28. The number of imide groups is 1. The summed E-state index contributed by atoms with van der Waals surface area (Å²) in [6.07, 6.45) is 1.44. The molecule has 2 N–H and O–H groups in total. The standard InChI is InChI=1S/C22H15ClN2O5/c1-12-9-13(21(27)28)5-7-17(12)19-8-6-16(30-19)11-18-20(26)25(22(29)24-18)15-4-2-3-14(23)10-15/h2-11H,1H3,(H,24,29)(H,27,28). The summed E-state index contributed by atoms with van der Waals surface area (Å²) in [6, 6.07) is 13.9. The number of anilines is 1. The van der Waals surface area contributed by atoms with Crippen molar-refractivity contribution >= 4 is 41.3 Å². The molecule has 0 saturated carbocycles. The molecule has 3 amide bonds. The minimum Gasteiger partial charge on any atom is -0.478 e. The number of urea groups is 1. The predicted octanol–water partition coefficient (Wildman–Crippen LogP) is 4.70. The Hall–Kier alpha value is -3.84. The molecule has 2 aromatic carbocycles. The first kappa shape index (κ1) is 19.5. The quantitative estimate of drug-likeness (QED) is 0.468. The number of amides is 3. The van der Waals surface area contributed by atoms with E-state index in [2.05, 4.69) is 5.32 Å². The van der Waals surface area contributed by atoms with Crippen molar-refractivity contribution in [3.05, 3.63) is 82.2 Å². The lowest BCUT2D eigenvalue weighted by Gasteiger charge is -2.11. The fraction of sp³-hybridized carbons (Fsp3) is 0.0455. The molecule has 0 atom stereocenters. The van der Waals surface area contributed by atoms with Gasteiger partial charge in [-0.1, -0.05) is 23.7 Å². The molecule has 8 heteroatoms. The Labute approximate surface area is 176 Å². The molecule has 2 heterocycles. The number of carboxylic acids is 1. The van der Waals surface area contributed by atoms with E-state index >= 15 is 0 Å². The van der Waals surface area contributed by atoms with Gasteiger partial charge in [0, 0.05) is 16.7 Å². The molecule has 3 aromatic rings. The van der Waals surface area contributed by atoms with E-state index in [0.717, 1.165) is 16.0 Å². The number of carboxylic acid groups (broad SMARTS) is 1. The van der Waals surface area contributed by atoms with Crippen LogP contribution in [0, 0.1) is 6.92 Å². The van der Waals surface area contributed by atoms with Crippen LogP contribution in [0.5, 0.6) is 0 Å². The smallest absolute Gasteiger partial charge is 0.335 e. The van der Waals surface area contributed by atoms with Gasteiger partial charge in [0.2, 0.25) is 0 Å². The van der Waals surface area contributed by atoms with Crippen LogP contribution in [0.25, 0.3) is 17.4 Å². The van der Waals surface area contributed by atoms with E-state index in [1.807, 2.05) is 0 Å². The van der Waals surface area contributed by atoms with Gasteiger partial charge in [-0.2, -0.15) is 0 Å². The van der Waals surface area contributed by atoms with Crippen LogP contribution in [0.1, 0.15) is 21.7 Å². The summed E-state index contributed by atoms with van der Waals surface area (Å²) in [4.78, 5) is 37.1. The van der Waals surface area contributed by atoms with E-state index < -0.39 is 17.9 Å². The van der Waals surface area contributed by atoms with Crippen molar-refractivity contribution in [3.8, 4) is 11.3 Å². The maximum absolute atomic E-state index is 12.7. The maximum Gasteiger partial charge on any atom is 0.335 e. The Morgan fingerprint density at radius 3 is 2.63 bits per heavy atom. The predicted molar refractivity (Wildman–Crippen MR) is 111 cm³/mol. The zero-order chi connectivity index (χ0) is 21.4. The molecular formula is C22H15ClN2O5. The molecule has 4 rings (SSSR count). The first-order valence-electron chi connectivity index (χ1n) is 8.90. The Bertz CT molecular complexity index is 1230. The molecule has 0 unspecified atom stereocenters. The Balaban J connectivity index is 1.61. The van der Waals surface area contributed by atoms with Crippen molar-refractivity contribution in [2.75, 3.05) is 4.90 Å². The second-order valence-corrected chi connectivity index (χ2v) is 7.08. The Morgan fingerprint density at radius 2 is 1.93 bits per heavy atom. The fourth-order valence-corrected chi connectivity index (χ4v) is 3.36. The monoisotopic (exact) mass is 422 g/mol. The molecule has 7 nitrogen and oxygen atoms in total. The number of furan rings is 1. The van der Waals surface area contributed by atoms with Gasteiger partial charge in [-0.25, -0.2) is 14.5 Å². The number of aromatic carboxylic acids is 1. The van der Waals surface area contributed by atoms with Crippen molar-refractivity contribution in [2.45, 2.75) is 6.92 Å². The lowest BCUT2D eigenvalue weighted by atomic mass is 10.0. The number of benzene rings is 2. The van der Waals surface area contributed by atoms with Crippen LogP contribution in [-0.2, 0) is 4.79 Å². The molecule has 30 heavy (non-hydrogen) atoms. The van der Waals surface area contributed by atoms with Gasteiger partial charge in [0.1, 0.15) is 17.2 Å². The van der Waals surface area contributed by atoms with Gasteiger partial charge in [-0.3, -0.25) is 4.79 Å². The van der Waals surface area contributed by atoms with Crippen LogP contribution in [-0.4, -0.2) is 23.0 Å². The third kappa shape index (κ3) is 3.58. The highest BCUT2D eigenvalue weighted by atomic mass is 35.5. The minimum absolute atomic E-state index is 0.0684. The minimum atomic E-state index is -1.01. The Kier molecular flexibility index (Phi) is 4.89. The molecule has 0 bridgehead atoms. The van der Waals surface area contributed by atoms with E-state index in [-0.39, 0.29) is 11.3 Å². The van der Waals surface area contributed by atoms with Crippen LogP contribution in [0.3, 0.4) is 0 Å². The molecule has 1 aromatic heterocycles. The SMILES string of the molecule is Cc1cc(C(=O)O)ccc1-c1ccc(C=C2NC(=O)N(c3cccc(Cl)c3)C2=O)o1. The average Bonchev–Trinajstić information content (AvgIpc) is 3.26. The molecule has 0 aliphatic carbocycles. The number of carbonyl (C=O) groups excluding carboxylic acids is 2. The number of nitrogens with one attached hydrogen (secondary N) is 1. The van der Waals surface area contributed by atoms with Gasteiger partial charge in [0.25, 0.3) is 5.91 Å². The summed E-state index contributed by atoms with van der Waals surface area (Å²) in [6.45, 7) is 1.78. The lowest BCUT2D eigenvalue weighted by Crippen LogP contribution is -2.30. The number of carbonyl (C=O) groups is 3. The van der Waals surface area contributed by atoms with Crippen molar-refractivity contribution in [2.24, 2.45) is 0 Å². The Morgan fingerprint density at radius 1 is 1.13 bits per heavy atom. The zero-order valence-corrected chi connectivity index (χ0v) is 16.4. The molecule has 1 aliphatic rings. The average molecular weight is 423 g/mol. The highest BCUT2D eigenvalue weighted by Crippen LogP contribution is 2.29. The van der Waals surface area contributed by atoms with E-state index in [9.17, 15) is 14.4 Å². The van der Waals surface area contributed by atoms with Crippen molar-refractivity contribution in [1.82, 2.24) is 5.32 Å². The number of hydrogen-bond acceptors (Lipinski definition) is 4. The number of aryl methyl sites for hydroxylation is 1. The van der Waals surface area contributed by atoms with Crippen LogP contribution >= 0.6 is 11.6 Å². The third-order valence-corrected chi connectivity index (χ3v) is 4.83. The van der Waals surface area contributed by atoms with E-state index in [4.69, 9.17) is 21.1 Å². The molecule has 1 fully saturated rings. The highest BCUT2D eigenvalue weighted by molar-refractivity contribution is 6.32. The van der Waals surface area contributed by atoms with Crippen LogP contribution in [0.4, 0.5) is 10.5 Å². The molecule has 1 saturated heterocycles. The summed E-state index contributed by atoms with van der Waals surface area (Å²) in [5, 5.41) is 12.0. The van der Waals surface area contributed by atoms with Gasteiger partial charge < -0.3 is 14.8 Å². The van der Waals surface area contributed by atoms with E-state index in [1.165, 1.54) is 18.2 Å². The summed E-state index contributed by atoms with van der Waals surface area (Å²) in [5.41, 5.74) is 2.08. The highest BCUT2D eigenvalue weighted by Gasteiger charge is 2.35. The summed E-state index contributed by atoms with van der Waals surface area (Å²) < 4.78 is 5.79. The largest absolute Gasteiger partial charge is 0.478 e. The van der Waals surface area contributed by atoms with Gasteiger partial charge in [-0.05, 0) is 55.0 Å². The third-order valence-electron chi connectivity index (χ3n) is 4.60. The lowest BCUT2D eigenvalue weighted by molar-refractivity contribution is -0.113. The number of halogens is 1. The molecule has 0 spiro atoms. The maximum atomic E-state index is 12.7. The van der Waals surface area contributed by atoms with E-state index in [1.54, 1.807) is 49.4 Å². The molecular weight excluding hydrogens is 408 g/mol. The summed E-state index contributed by atoms with van der Waals surface area (Å²) in [5.74, 6) is -0.653. The van der Waals surface area contributed by atoms with Gasteiger partial charge in [0.05, 0.1) is 11.3 Å². The van der Waals surface area contributed by atoms with Gasteiger partial charge >= 0.3 is 12.0 Å². The summed E-state index contributed by atoms with van der Waals surface area (Å²) >= 11 is 5.95. The molecule has 0 radical (unpaired) electrons. The van der Waals surface area contributed by atoms with Crippen molar-refractivity contribution < 1.29 is 23.9 Å².